The zero-order valence-electron chi connectivity index (χ0n) is 15.4. The van der Waals surface area contributed by atoms with Gasteiger partial charge in [0, 0.05) is 0 Å². The third-order valence-electron chi connectivity index (χ3n) is 5.04. The molecule has 0 amide bonds. The van der Waals surface area contributed by atoms with Gasteiger partial charge in [0.1, 0.15) is 0 Å². The fourth-order valence-corrected chi connectivity index (χ4v) is 20.1. The molecule has 0 unspecified atom stereocenters. The fourth-order valence-electron chi connectivity index (χ4n) is 3.51. The molecular formula is C19H30F4Sn. The summed E-state index contributed by atoms with van der Waals surface area (Å²) < 4.78 is 59.8. The molecule has 1 aromatic rings. The van der Waals surface area contributed by atoms with E-state index in [4.69, 9.17) is 0 Å². The van der Waals surface area contributed by atoms with Gasteiger partial charge in [-0.05, 0) is 0 Å². The molecule has 0 N–H and O–H groups in total. The maximum absolute atomic E-state index is 14.9. The molecule has 1 rings (SSSR count). The van der Waals surface area contributed by atoms with Crippen molar-refractivity contribution in [2.45, 2.75) is 79.5 Å². The Morgan fingerprint density at radius 2 is 1.04 bits per heavy atom. The summed E-state index contributed by atoms with van der Waals surface area (Å²) in [7, 11) is 0. The van der Waals surface area contributed by atoms with E-state index in [0.29, 0.717) is 0 Å². The van der Waals surface area contributed by atoms with Gasteiger partial charge >= 0.3 is 148 Å². The number of unbranched alkanes of at least 4 members (excludes halogenated alkanes) is 3. The van der Waals surface area contributed by atoms with Crippen molar-refractivity contribution >= 4 is 22.0 Å². The fraction of sp³-hybridized carbons (Fsp3) is 0.684. The van der Waals surface area contributed by atoms with Crippen LogP contribution in [0.2, 0.25) is 13.3 Å². The van der Waals surface area contributed by atoms with E-state index >= 15 is 0 Å². The van der Waals surface area contributed by atoms with Gasteiger partial charge in [-0.3, -0.25) is 0 Å². The predicted molar refractivity (Wildman–Crippen MR) is 95.5 cm³/mol. The summed E-state index contributed by atoms with van der Waals surface area (Å²) in [5.41, 5.74) is -0.366. The molecule has 0 saturated carbocycles. The van der Waals surface area contributed by atoms with Gasteiger partial charge in [0.05, 0.1) is 0 Å². The van der Waals surface area contributed by atoms with Gasteiger partial charge in [0.15, 0.2) is 0 Å². The first-order chi connectivity index (χ1) is 11.4. The molecule has 0 aliphatic heterocycles. The second-order valence-electron chi connectivity index (χ2n) is 6.85. The summed E-state index contributed by atoms with van der Waals surface area (Å²) in [6.45, 7) is 7.38. The van der Waals surface area contributed by atoms with Crippen molar-refractivity contribution in [3.8, 4) is 0 Å². The molecule has 24 heavy (non-hydrogen) atoms. The van der Waals surface area contributed by atoms with E-state index in [1.807, 2.05) is 0 Å². The Morgan fingerprint density at radius 1 is 0.625 bits per heavy atom. The van der Waals surface area contributed by atoms with Crippen molar-refractivity contribution in [3.05, 3.63) is 28.8 Å². The molecule has 0 saturated heterocycles. The summed E-state index contributed by atoms with van der Waals surface area (Å²) in [6.07, 6.45) is 5.55. The van der Waals surface area contributed by atoms with E-state index in [0.717, 1.165) is 51.8 Å². The number of halogens is 4. The van der Waals surface area contributed by atoms with Crippen LogP contribution in [-0.2, 0) is 0 Å². The van der Waals surface area contributed by atoms with Crippen LogP contribution in [0.1, 0.15) is 64.9 Å². The van der Waals surface area contributed by atoms with Crippen molar-refractivity contribution in [2.75, 3.05) is 0 Å². The zero-order valence-corrected chi connectivity index (χ0v) is 18.2. The van der Waals surface area contributed by atoms with Crippen molar-refractivity contribution in [1.29, 1.82) is 0 Å². The van der Waals surface area contributed by atoms with E-state index in [-0.39, 0.29) is 9.14 Å². The molecule has 0 radical (unpaired) electrons. The number of rotatable bonds is 10. The van der Waals surface area contributed by atoms with E-state index in [2.05, 4.69) is 20.8 Å². The third-order valence-corrected chi connectivity index (χ3v) is 20.5. The molecule has 138 valence electrons. The van der Waals surface area contributed by atoms with Crippen molar-refractivity contribution in [2.24, 2.45) is 0 Å². The average Bonchev–Trinajstić information content (AvgIpc) is 2.59. The van der Waals surface area contributed by atoms with Crippen LogP contribution in [0.25, 0.3) is 0 Å². The van der Waals surface area contributed by atoms with Crippen LogP contribution >= 0.6 is 0 Å². The molecule has 0 heterocycles. The van der Waals surface area contributed by atoms with E-state index in [1.165, 1.54) is 6.92 Å². The Balaban J connectivity index is 3.56. The molecule has 0 fully saturated rings. The molecular weight excluding hydrogens is 423 g/mol. The predicted octanol–water partition coefficient (Wildman–Crippen LogP) is 6.61. The Morgan fingerprint density at radius 3 is 1.42 bits per heavy atom. The van der Waals surface area contributed by atoms with Crippen LogP contribution in [0, 0.1) is 30.2 Å². The van der Waals surface area contributed by atoms with Gasteiger partial charge in [0.25, 0.3) is 0 Å². The quantitative estimate of drug-likeness (QED) is 0.162. The molecule has 0 atom stereocenters. The normalized spacial score (nSPS) is 12.0. The van der Waals surface area contributed by atoms with Crippen LogP contribution in [0.4, 0.5) is 17.6 Å². The third kappa shape index (κ3) is 4.67. The first-order valence-corrected chi connectivity index (χ1v) is 16.7. The van der Waals surface area contributed by atoms with Crippen molar-refractivity contribution < 1.29 is 17.6 Å². The number of benzene rings is 1. The van der Waals surface area contributed by atoms with Gasteiger partial charge in [-0.25, -0.2) is 0 Å². The minimum absolute atomic E-state index is 0.0175. The Kier molecular flexibility index (Phi) is 9.10. The molecule has 0 aliphatic rings. The molecule has 0 spiro atoms. The van der Waals surface area contributed by atoms with Crippen molar-refractivity contribution in [3.63, 3.8) is 0 Å². The van der Waals surface area contributed by atoms with Crippen molar-refractivity contribution in [1.82, 2.24) is 0 Å². The van der Waals surface area contributed by atoms with E-state index < -0.39 is 41.6 Å². The average molecular weight is 453 g/mol. The van der Waals surface area contributed by atoms with Crippen LogP contribution in [0.5, 0.6) is 0 Å². The number of hydrogen-bond acceptors (Lipinski definition) is 0. The van der Waals surface area contributed by atoms with Crippen LogP contribution in [-0.4, -0.2) is 18.4 Å². The Hall–Kier alpha value is -0.261. The van der Waals surface area contributed by atoms with Crippen LogP contribution < -0.4 is 3.58 Å². The van der Waals surface area contributed by atoms with Crippen LogP contribution in [0.3, 0.4) is 0 Å². The van der Waals surface area contributed by atoms with Gasteiger partial charge < -0.3 is 0 Å². The summed E-state index contributed by atoms with van der Waals surface area (Å²) in [5.74, 6) is -4.93. The summed E-state index contributed by atoms with van der Waals surface area (Å²) in [6, 6.07) is 0. The molecule has 0 aromatic heterocycles. The molecule has 5 heteroatoms. The molecule has 1 aromatic carbocycles. The monoisotopic (exact) mass is 454 g/mol. The first-order valence-electron chi connectivity index (χ1n) is 9.19. The molecule has 0 bridgehead atoms. The van der Waals surface area contributed by atoms with Gasteiger partial charge in [0.2, 0.25) is 0 Å². The maximum atomic E-state index is 14.9. The summed E-state index contributed by atoms with van der Waals surface area (Å²) in [4.78, 5) is 0. The Bertz CT molecular complexity index is 492. The minimum atomic E-state index is -3.49. The second kappa shape index (κ2) is 10.0. The second-order valence-corrected chi connectivity index (χ2v) is 19.9. The standard InChI is InChI=1S/C7H3F4.3C4H9.Sn/c1-3-4(8)2-5(9)7(11)6(3)10;3*1-3-4-2;/h1H3;3*1,3-4H2,2H3;. The van der Waals surface area contributed by atoms with Gasteiger partial charge in [-0.15, -0.1) is 0 Å². The summed E-state index contributed by atoms with van der Waals surface area (Å²) in [5, 5.41) is 0. The van der Waals surface area contributed by atoms with Crippen LogP contribution in [0.15, 0.2) is 0 Å². The topological polar surface area (TPSA) is 0 Å². The Labute approximate surface area is 147 Å². The summed E-state index contributed by atoms with van der Waals surface area (Å²) >= 11 is -3.49. The SMILES string of the molecule is CCC[CH2][Sn]([CH2]CCC)([CH2]CCC)[c]1c(F)c(C)c(F)c(F)c1F. The molecule has 0 aliphatic carbocycles. The molecule has 0 nitrogen and oxygen atoms in total. The zero-order chi connectivity index (χ0) is 18.3. The number of hydrogen-bond donors (Lipinski definition) is 0. The van der Waals surface area contributed by atoms with E-state index in [9.17, 15) is 17.6 Å². The van der Waals surface area contributed by atoms with E-state index in [1.54, 1.807) is 0 Å². The van der Waals surface area contributed by atoms with Gasteiger partial charge in [-0.2, -0.15) is 0 Å². The van der Waals surface area contributed by atoms with Gasteiger partial charge in [-0.1, -0.05) is 0 Å². The first kappa shape index (κ1) is 21.8.